The second-order valence-corrected chi connectivity index (χ2v) is 3.21. The lowest BCUT2D eigenvalue weighted by Gasteiger charge is -2.08. The summed E-state index contributed by atoms with van der Waals surface area (Å²) in [7, 11) is 0. The maximum Gasteiger partial charge on any atom is 0.264 e. The number of pyridine rings is 1. The highest BCUT2D eigenvalue weighted by atomic mass is 79.9. The Kier molecular flexibility index (Phi) is 3.19. The first-order valence-corrected chi connectivity index (χ1v) is 4.78. The van der Waals surface area contributed by atoms with Gasteiger partial charge < -0.3 is 5.73 Å². The number of nitrogens with two attached hydrogens (primary N) is 1. The number of rotatable bonds is 2. The highest BCUT2D eigenvalue weighted by molar-refractivity contribution is 9.08. The monoisotopic (exact) mass is 250 g/mol. The third-order valence-corrected chi connectivity index (χ3v) is 2.35. The van der Waals surface area contributed by atoms with E-state index in [1.807, 2.05) is 0 Å². The number of nitrogen functional groups attached to an aromatic ring is 1. The minimum atomic E-state index is -2.50. The van der Waals surface area contributed by atoms with Crippen LogP contribution in [0, 0.1) is 6.92 Å². The molecule has 0 radical (unpaired) electrons. The van der Waals surface area contributed by atoms with Crippen LogP contribution in [0.15, 0.2) is 6.07 Å². The van der Waals surface area contributed by atoms with Gasteiger partial charge in [0.15, 0.2) is 0 Å². The molecule has 0 bridgehead atoms. The van der Waals surface area contributed by atoms with Crippen molar-refractivity contribution in [3.63, 3.8) is 0 Å². The van der Waals surface area contributed by atoms with E-state index in [9.17, 15) is 8.78 Å². The quantitative estimate of drug-likeness (QED) is 0.821. The number of hydrogen-bond acceptors (Lipinski definition) is 2. The van der Waals surface area contributed by atoms with Gasteiger partial charge in [-0.15, -0.1) is 0 Å². The Balaban J connectivity index is 3.25. The van der Waals surface area contributed by atoms with Crippen molar-refractivity contribution in [3.05, 3.63) is 22.9 Å². The highest BCUT2D eigenvalue weighted by Gasteiger charge is 2.14. The van der Waals surface area contributed by atoms with Gasteiger partial charge in [-0.2, -0.15) is 0 Å². The predicted molar refractivity (Wildman–Crippen MR) is 51.0 cm³/mol. The van der Waals surface area contributed by atoms with Gasteiger partial charge in [0, 0.05) is 16.5 Å². The third-order valence-electron chi connectivity index (χ3n) is 1.78. The van der Waals surface area contributed by atoms with E-state index in [4.69, 9.17) is 5.73 Å². The Hall–Kier alpha value is -0.710. The first kappa shape index (κ1) is 10.4. The third kappa shape index (κ3) is 2.15. The van der Waals surface area contributed by atoms with Gasteiger partial charge in [0.1, 0.15) is 5.82 Å². The Morgan fingerprint density at radius 1 is 1.62 bits per heavy atom. The lowest BCUT2D eigenvalue weighted by Crippen LogP contribution is -2.02. The molecule has 0 aliphatic carbocycles. The van der Waals surface area contributed by atoms with Gasteiger partial charge in [0.25, 0.3) is 6.43 Å². The zero-order valence-corrected chi connectivity index (χ0v) is 8.61. The van der Waals surface area contributed by atoms with Crippen molar-refractivity contribution in [3.8, 4) is 0 Å². The van der Waals surface area contributed by atoms with E-state index >= 15 is 0 Å². The number of halogens is 3. The van der Waals surface area contributed by atoms with E-state index < -0.39 is 6.43 Å². The van der Waals surface area contributed by atoms with Gasteiger partial charge in [-0.05, 0) is 13.0 Å². The second-order valence-electron chi connectivity index (χ2n) is 2.65. The minimum Gasteiger partial charge on any atom is -0.383 e. The van der Waals surface area contributed by atoms with Crippen LogP contribution in [0.1, 0.15) is 23.2 Å². The van der Waals surface area contributed by atoms with Crippen molar-refractivity contribution in [2.24, 2.45) is 0 Å². The Morgan fingerprint density at radius 3 is 2.69 bits per heavy atom. The van der Waals surface area contributed by atoms with Crippen LogP contribution in [-0.2, 0) is 5.33 Å². The summed E-state index contributed by atoms with van der Waals surface area (Å²) in [5, 5.41) is 0.428. The van der Waals surface area contributed by atoms with Crippen molar-refractivity contribution in [2.45, 2.75) is 18.7 Å². The van der Waals surface area contributed by atoms with Gasteiger partial charge in [0.2, 0.25) is 0 Å². The van der Waals surface area contributed by atoms with Crippen molar-refractivity contribution in [1.29, 1.82) is 0 Å². The van der Waals surface area contributed by atoms with Crippen molar-refractivity contribution in [2.75, 3.05) is 5.73 Å². The molecule has 0 spiro atoms. The molecular weight excluding hydrogens is 242 g/mol. The molecule has 1 heterocycles. The van der Waals surface area contributed by atoms with Crippen LogP contribution in [0.5, 0.6) is 0 Å². The van der Waals surface area contributed by atoms with Gasteiger partial charge in [-0.3, -0.25) is 0 Å². The molecule has 5 heteroatoms. The molecule has 0 aromatic carbocycles. The van der Waals surface area contributed by atoms with Gasteiger partial charge in [-0.25, -0.2) is 13.8 Å². The molecule has 2 nitrogen and oxygen atoms in total. The first-order chi connectivity index (χ1) is 6.06. The fourth-order valence-corrected chi connectivity index (χ4v) is 1.29. The molecule has 0 aliphatic heterocycles. The predicted octanol–water partition coefficient (Wildman–Crippen LogP) is 2.80. The van der Waals surface area contributed by atoms with Crippen LogP contribution >= 0.6 is 15.9 Å². The van der Waals surface area contributed by atoms with Crippen LogP contribution in [0.3, 0.4) is 0 Å². The molecule has 1 aromatic rings. The first-order valence-electron chi connectivity index (χ1n) is 3.66. The Morgan fingerprint density at radius 2 is 2.23 bits per heavy atom. The zero-order chi connectivity index (χ0) is 10.0. The van der Waals surface area contributed by atoms with E-state index in [0.29, 0.717) is 16.6 Å². The maximum absolute atomic E-state index is 12.4. The van der Waals surface area contributed by atoms with Gasteiger partial charge in [0.05, 0.1) is 5.69 Å². The van der Waals surface area contributed by atoms with Crippen molar-refractivity contribution in [1.82, 2.24) is 4.98 Å². The van der Waals surface area contributed by atoms with E-state index in [-0.39, 0.29) is 11.4 Å². The molecule has 13 heavy (non-hydrogen) atoms. The van der Waals surface area contributed by atoms with Crippen molar-refractivity contribution < 1.29 is 8.78 Å². The molecule has 0 atom stereocenters. The number of nitrogens with zero attached hydrogens (tertiary/aromatic N) is 1. The topological polar surface area (TPSA) is 38.9 Å². The molecule has 2 N–H and O–H groups in total. The maximum atomic E-state index is 12.4. The molecule has 0 saturated heterocycles. The molecule has 1 rings (SSSR count). The lowest BCUT2D eigenvalue weighted by atomic mass is 10.1. The number of hydrogen-bond donors (Lipinski definition) is 1. The van der Waals surface area contributed by atoms with Gasteiger partial charge >= 0.3 is 0 Å². The normalized spacial score (nSPS) is 10.8. The molecule has 0 unspecified atom stereocenters. The molecule has 0 saturated carbocycles. The smallest absolute Gasteiger partial charge is 0.264 e. The van der Waals surface area contributed by atoms with Gasteiger partial charge in [-0.1, -0.05) is 15.9 Å². The summed E-state index contributed by atoms with van der Waals surface area (Å²) in [6.07, 6.45) is -2.50. The summed E-state index contributed by atoms with van der Waals surface area (Å²) in [5.41, 5.74) is 6.32. The standard InChI is InChI=1S/C8H9BrF2N2/c1-4-6(7(10)11)2-5(3-9)13-8(4)12/h2,7H,3H2,1H3,(H2,12,13). The fourth-order valence-electron chi connectivity index (χ4n) is 1.00. The lowest BCUT2D eigenvalue weighted by molar-refractivity contribution is 0.150. The molecule has 0 fully saturated rings. The van der Waals surface area contributed by atoms with Crippen LogP contribution in [0.25, 0.3) is 0 Å². The van der Waals surface area contributed by atoms with Crippen LogP contribution in [0.4, 0.5) is 14.6 Å². The summed E-state index contributed by atoms with van der Waals surface area (Å²) in [4.78, 5) is 3.93. The minimum absolute atomic E-state index is 0.0399. The van der Waals surface area contributed by atoms with Crippen LogP contribution < -0.4 is 5.73 Å². The molecule has 0 aliphatic rings. The molecule has 1 aromatic heterocycles. The molecule has 72 valence electrons. The average molecular weight is 251 g/mol. The molecular formula is C8H9BrF2N2. The van der Waals surface area contributed by atoms with E-state index in [2.05, 4.69) is 20.9 Å². The van der Waals surface area contributed by atoms with Crippen LogP contribution in [0.2, 0.25) is 0 Å². The fraction of sp³-hybridized carbons (Fsp3) is 0.375. The molecule has 0 amide bonds. The SMILES string of the molecule is Cc1c(C(F)F)cc(CBr)nc1N. The number of anilines is 1. The average Bonchev–Trinajstić information content (AvgIpc) is 2.09. The Labute approximate surface area is 83.3 Å². The number of alkyl halides is 3. The largest absolute Gasteiger partial charge is 0.383 e. The van der Waals surface area contributed by atoms with E-state index in [1.165, 1.54) is 6.07 Å². The summed E-state index contributed by atoms with van der Waals surface area (Å²) in [6.45, 7) is 1.54. The summed E-state index contributed by atoms with van der Waals surface area (Å²) in [6, 6.07) is 1.37. The van der Waals surface area contributed by atoms with Crippen LogP contribution in [-0.4, -0.2) is 4.98 Å². The van der Waals surface area contributed by atoms with E-state index in [1.54, 1.807) is 6.92 Å². The number of aromatic nitrogens is 1. The summed E-state index contributed by atoms with van der Waals surface area (Å²) >= 11 is 3.14. The Bertz CT molecular complexity index is 315. The van der Waals surface area contributed by atoms with Crippen molar-refractivity contribution >= 4 is 21.7 Å². The summed E-state index contributed by atoms with van der Waals surface area (Å²) in [5.74, 6) is 0.173. The summed E-state index contributed by atoms with van der Waals surface area (Å²) < 4.78 is 24.9. The zero-order valence-electron chi connectivity index (χ0n) is 7.02. The highest BCUT2D eigenvalue weighted by Crippen LogP contribution is 2.26. The van der Waals surface area contributed by atoms with E-state index in [0.717, 1.165) is 0 Å². The second kappa shape index (κ2) is 4.00.